The Morgan fingerprint density at radius 2 is 2.15 bits per heavy atom. The molecule has 1 saturated carbocycles. The van der Waals surface area contributed by atoms with Crippen LogP contribution in [0, 0.1) is 5.92 Å². The first kappa shape index (κ1) is 13.1. The third kappa shape index (κ3) is 2.09. The molecular formula is C14H20N4O2. The van der Waals surface area contributed by atoms with Crippen LogP contribution in [0.4, 0.5) is 0 Å². The average Bonchev–Trinajstić information content (AvgIpc) is 3.15. The van der Waals surface area contributed by atoms with E-state index in [9.17, 15) is 9.59 Å². The smallest absolute Gasteiger partial charge is 0.249 e. The van der Waals surface area contributed by atoms with Crippen molar-refractivity contribution in [3.63, 3.8) is 0 Å². The third-order valence-electron chi connectivity index (χ3n) is 4.46. The highest BCUT2D eigenvalue weighted by Crippen LogP contribution is 2.42. The molecule has 3 rings (SSSR count). The van der Waals surface area contributed by atoms with E-state index in [2.05, 4.69) is 10.4 Å². The minimum Gasteiger partial charge on any atom is -0.340 e. The predicted molar refractivity (Wildman–Crippen MR) is 72.7 cm³/mol. The van der Waals surface area contributed by atoms with E-state index in [1.165, 1.54) is 0 Å². The molecule has 1 aliphatic heterocycles. The molecule has 2 heterocycles. The number of amides is 2. The van der Waals surface area contributed by atoms with Crippen LogP contribution >= 0.6 is 0 Å². The Hall–Kier alpha value is -1.85. The molecule has 1 N–H and O–H groups in total. The summed E-state index contributed by atoms with van der Waals surface area (Å²) in [5, 5.41) is 7.06. The maximum atomic E-state index is 12.7. The zero-order chi connectivity index (χ0) is 14.3. The average molecular weight is 276 g/mol. The summed E-state index contributed by atoms with van der Waals surface area (Å²) >= 11 is 0. The lowest BCUT2D eigenvalue weighted by Crippen LogP contribution is -2.69. The van der Waals surface area contributed by atoms with Crippen LogP contribution in [0.2, 0.25) is 0 Å². The fourth-order valence-electron chi connectivity index (χ4n) is 2.91. The minimum absolute atomic E-state index is 0.0410. The summed E-state index contributed by atoms with van der Waals surface area (Å²) in [6, 6.07) is 1.44. The molecule has 6 heteroatoms. The summed E-state index contributed by atoms with van der Waals surface area (Å²) in [6.45, 7) is 4.76. The number of hydrogen-bond acceptors (Lipinski definition) is 3. The van der Waals surface area contributed by atoms with Crippen molar-refractivity contribution in [1.82, 2.24) is 20.0 Å². The number of nitrogens with one attached hydrogen (secondary N) is 1. The van der Waals surface area contributed by atoms with E-state index in [0.717, 1.165) is 12.8 Å². The Labute approximate surface area is 118 Å². The molecule has 1 aromatic rings. The van der Waals surface area contributed by atoms with E-state index in [4.69, 9.17) is 0 Å². The van der Waals surface area contributed by atoms with Gasteiger partial charge in [0.25, 0.3) is 0 Å². The second-order valence-electron chi connectivity index (χ2n) is 5.91. The molecule has 2 atom stereocenters. The summed E-state index contributed by atoms with van der Waals surface area (Å²) in [7, 11) is 0. The third-order valence-corrected chi connectivity index (χ3v) is 4.46. The first-order valence-electron chi connectivity index (χ1n) is 7.13. The zero-order valence-electron chi connectivity index (χ0n) is 11.9. The van der Waals surface area contributed by atoms with Gasteiger partial charge >= 0.3 is 0 Å². The monoisotopic (exact) mass is 276 g/mol. The Morgan fingerprint density at radius 3 is 2.75 bits per heavy atom. The van der Waals surface area contributed by atoms with Gasteiger partial charge in [-0.1, -0.05) is 0 Å². The fraction of sp³-hybridized carbons (Fsp3) is 0.643. The molecule has 0 bridgehead atoms. The van der Waals surface area contributed by atoms with E-state index in [0.29, 0.717) is 19.0 Å². The van der Waals surface area contributed by atoms with Crippen LogP contribution in [-0.4, -0.2) is 44.6 Å². The topological polar surface area (TPSA) is 67.2 Å². The van der Waals surface area contributed by atoms with E-state index in [1.54, 1.807) is 22.7 Å². The molecule has 1 aromatic heterocycles. The lowest BCUT2D eigenvalue weighted by molar-refractivity contribution is -0.154. The Kier molecular flexibility index (Phi) is 3.03. The standard InChI is InChI=1S/C14H20N4O2/c1-10-12(19)16-14(2,11-4-5-11)13(20)18(10)9-8-17-7-3-6-15-17/h3,6-7,10-11H,4-5,8-9H2,1-2H3,(H,16,19). The molecule has 0 radical (unpaired) electrons. The molecule has 2 aliphatic rings. The maximum absolute atomic E-state index is 12.7. The van der Waals surface area contributed by atoms with Crippen LogP contribution in [-0.2, 0) is 16.1 Å². The van der Waals surface area contributed by atoms with Gasteiger partial charge in [0.2, 0.25) is 11.8 Å². The molecule has 108 valence electrons. The number of hydrogen-bond donors (Lipinski definition) is 1. The number of rotatable bonds is 4. The summed E-state index contributed by atoms with van der Waals surface area (Å²) in [4.78, 5) is 26.6. The van der Waals surface area contributed by atoms with Gasteiger partial charge in [-0.05, 0) is 38.7 Å². The van der Waals surface area contributed by atoms with Crippen molar-refractivity contribution < 1.29 is 9.59 Å². The largest absolute Gasteiger partial charge is 0.340 e. The zero-order valence-corrected chi connectivity index (χ0v) is 11.9. The number of carbonyl (C=O) groups is 2. The molecule has 2 amide bonds. The molecular weight excluding hydrogens is 256 g/mol. The van der Waals surface area contributed by atoms with Crippen molar-refractivity contribution in [2.75, 3.05) is 6.54 Å². The SMILES string of the molecule is CC1C(=O)NC(C)(C2CC2)C(=O)N1CCn1cccn1. The Balaban J connectivity index is 1.76. The van der Waals surface area contributed by atoms with Crippen molar-refractivity contribution in [2.24, 2.45) is 5.92 Å². The molecule has 0 aromatic carbocycles. The number of nitrogens with zero attached hydrogens (tertiary/aromatic N) is 3. The molecule has 20 heavy (non-hydrogen) atoms. The van der Waals surface area contributed by atoms with Crippen molar-refractivity contribution in [3.8, 4) is 0 Å². The van der Waals surface area contributed by atoms with Gasteiger partial charge < -0.3 is 10.2 Å². The molecule has 0 spiro atoms. The summed E-state index contributed by atoms with van der Waals surface area (Å²) in [6.07, 6.45) is 5.61. The number of piperazine rings is 1. The normalized spacial score (nSPS) is 30.5. The van der Waals surface area contributed by atoms with Gasteiger partial charge in [0.1, 0.15) is 11.6 Å². The van der Waals surface area contributed by atoms with Crippen LogP contribution < -0.4 is 5.32 Å². The molecule has 1 aliphatic carbocycles. The van der Waals surface area contributed by atoms with Gasteiger partial charge in [0, 0.05) is 18.9 Å². The lowest BCUT2D eigenvalue weighted by Gasteiger charge is -2.43. The first-order chi connectivity index (χ1) is 9.52. The molecule has 1 saturated heterocycles. The number of aromatic nitrogens is 2. The predicted octanol–water partition coefficient (Wildman–Crippen LogP) is 0.399. The minimum atomic E-state index is -0.715. The van der Waals surface area contributed by atoms with Gasteiger partial charge in [0.05, 0.1) is 6.54 Å². The highest BCUT2D eigenvalue weighted by Gasteiger charge is 2.54. The maximum Gasteiger partial charge on any atom is 0.249 e. The second kappa shape index (κ2) is 4.61. The van der Waals surface area contributed by atoms with Crippen LogP contribution in [0.25, 0.3) is 0 Å². The Morgan fingerprint density at radius 1 is 1.40 bits per heavy atom. The molecule has 6 nitrogen and oxygen atoms in total. The first-order valence-corrected chi connectivity index (χ1v) is 7.13. The van der Waals surface area contributed by atoms with Crippen LogP contribution in [0.3, 0.4) is 0 Å². The van der Waals surface area contributed by atoms with Gasteiger partial charge in [-0.3, -0.25) is 14.3 Å². The van der Waals surface area contributed by atoms with Gasteiger partial charge in [-0.25, -0.2) is 0 Å². The summed E-state index contributed by atoms with van der Waals surface area (Å²) < 4.78 is 1.78. The van der Waals surface area contributed by atoms with Crippen LogP contribution in [0.5, 0.6) is 0 Å². The Bertz CT molecular complexity index is 523. The lowest BCUT2D eigenvalue weighted by atomic mass is 9.89. The van der Waals surface area contributed by atoms with Crippen LogP contribution in [0.1, 0.15) is 26.7 Å². The molecule has 2 unspecified atom stereocenters. The highest BCUT2D eigenvalue weighted by atomic mass is 16.2. The van der Waals surface area contributed by atoms with Crippen molar-refractivity contribution in [3.05, 3.63) is 18.5 Å². The van der Waals surface area contributed by atoms with E-state index in [1.807, 2.05) is 19.2 Å². The summed E-state index contributed by atoms with van der Waals surface area (Å²) in [5.74, 6) is 0.275. The van der Waals surface area contributed by atoms with Crippen molar-refractivity contribution in [2.45, 2.75) is 44.8 Å². The number of carbonyl (C=O) groups excluding carboxylic acids is 2. The second-order valence-corrected chi connectivity index (χ2v) is 5.91. The van der Waals surface area contributed by atoms with Crippen molar-refractivity contribution in [1.29, 1.82) is 0 Å². The summed E-state index contributed by atoms with van der Waals surface area (Å²) in [5.41, 5.74) is -0.715. The van der Waals surface area contributed by atoms with Gasteiger partial charge in [-0.15, -0.1) is 0 Å². The van der Waals surface area contributed by atoms with E-state index < -0.39 is 11.6 Å². The van der Waals surface area contributed by atoms with Crippen molar-refractivity contribution >= 4 is 11.8 Å². The van der Waals surface area contributed by atoms with Gasteiger partial charge in [0.15, 0.2) is 0 Å². The van der Waals surface area contributed by atoms with E-state index >= 15 is 0 Å². The van der Waals surface area contributed by atoms with E-state index in [-0.39, 0.29) is 11.8 Å². The fourth-order valence-corrected chi connectivity index (χ4v) is 2.91. The van der Waals surface area contributed by atoms with Crippen LogP contribution in [0.15, 0.2) is 18.5 Å². The quantitative estimate of drug-likeness (QED) is 0.865. The highest BCUT2D eigenvalue weighted by molar-refractivity contribution is 5.99. The van der Waals surface area contributed by atoms with Gasteiger partial charge in [-0.2, -0.15) is 5.10 Å². The molecule has 2 fully saturated rings.